The van der Waals surface area contributed by atoms with Crippen LogP contribution in [0.25, 0.3) is 22.8 Å². The van der Waals surface area contributed by atoms with Gasteiger partial charge in [0.2, 0.25) is 0 Å². The molecule has 3 rings (SSSR count). The van der Waals surface area contributed by atoms with Gasteiger partial charge in [0.15, 0.2) is 5.82 Å². The Morgan fingerprint density at radius 3 is 2.71 bits per heavy atom. The van der Waals surface area contributed by atoms with E-state index in [1.807, 2.05) is 0 Å². The summed E-state index contributed by atoms with van der Waals surface area (Å²) in [7, 11) is 1.72. The van der Waals surface area contributed by atoms with E-state index < -0.39 is 6.09 Å². The molecule has 0 aliphatic carbocycles. The Bertz CT molecular complexity index is 878. The van der Waals surface area contributed by atoms with Gasteiger partial charge >= 0.3 is 6.09 Å². The van der Waals surface area contributed by atoms with E-state index >= 15 is 0 Å². The maximum atomic E-state index is 13.1. The van der Waals surface area contributed by atoms with Crippen LogP contribution in [0.4, 0.5) is 9.18 Å². The summed E-state index contributed by atoms with van der Waals surface area (Å²) in [6.07, 6.45) is 2.04. The molecule has 0 fully saturated rings. The molecule has 0 radical (unpaired) electrons. The fourth-order valence-corrected chi connectivity index (χ4v) is 2.12. The number of aromatic nitrogens is 5. The first kappa shape index (κ1) is 15.5. The van der Waals surface area contributed by atoms with Gasteiger partial charge in [0.1, 0.15) is 17.2 Å². The second-order valence-corrected chi connectivity index (χ2v) is 5.01. The van der Waals surface area contributed by atoms with Crippen LogP contribution in [0.15, 0.2) is 36.7 Å². The summed E-state index contributed by atoms with van der Waals surface area (Å²) in [5.41, 5.74) is 2.15. The highest BCUT2D eigenvalue weighted by molar-refractivity contribution is 5.66. The lowest BCUT2D eigenvalue weighted by atomic mass is 10.1. The van der Waals surface area contributed by atoms with E-state index in [0.717, 1.165) is 0 Å². The molecule has 1 amide bonds. The highest BCUT2D eigenvalue weighted by Gasteiger charge is 2.14. The van der Waals surface area contributed by atoms with Gasteiger partial charge in [-0.2, -0.15) is 0 Å². The average Bonchev–Trinajstić information content (AvgIpc) is 3.00. The number of hydrogen-bond donors (Lipinski definition) is 2. The Labute approximate surface area is 136 Å². The smallest absolute Gasteiger partial charge is 0.404 e. The molecule has 0 saturated carbocycles. The largest absolute Gasteiger partial charge is 0.465 e. The first-order valence-corrected chi connectivity index (χ1v) is 6.98. The highest BCUT2D eigenvalue weighted by atomic mass is 19.1. The Balaban J connectivity index is 2.04. The summed E-state index contributed by atoms with van der Waals surface area (Å²) >= 11 is 0. The molecule has 8 nitrogen and oxygen atoms in total. The maximum absolute atomic E-state index is 13.1. The molecule has 0 atom stereocenters. The SMILES string of the molecule is Cn1cc(-c2nc(-c3ccc(F)cc3)ncc2CNC(=O)O)nn1. The van der Waals surface area contributed by atoms with Crippen LogP contribution in [-0.4, -0.2) is 36.2 Å². The summed E-state index contributed by atoms with van der Waals surface area (Å²) < 4.78 is 14.6. The molecule has 0 unspecified atom stereocenters. The molecule has 2 aromatic heterocycles. The third-order valence-corrected chi connectivity index (χ3v) is 3.24. The Hall–Kier alpha value is -3.36. The quantitative estimate of drug-likeness (QED) is 0.757. The van der Waals surface area contributed by atoms with Gasteiger partial charge in [0.05, 0.1) is 6.20 Å². The molecule has 0 aliphatic rings. The van der Waals surface area contributed by atoms with Crippen LogP contribution < -0.4 is 5.32 Å². The fourth-order valence-electron chi connectivity index (χ4n) is 2.12. The normalized spacial score (nSPS) is 10.6. The lowest BCUT2D eigenvalue weighted by molar-refractivity contribution is 0.194. The van der Waals surface area contributed by atoms with Crippen molar-refractivity contribution in [3.63, 3.8) is 0 Å². The second kappa shape index (κ2) is 6.41. The number of carbonyl (C=O) groups is 1. The van der Waals surface area contributed by atoms with Gasteiger partial charge < -0.3 is 10.4 Å². The summed E-state index contributed by atoms with van der Waals surface area (Å²) in [6.45, 7) is 0.0327. The van der Waals surface area contributed by atoms with Gasteiger partial charge in [-0.05, 0) is 24.3 Å². The number of hydrogen-bond acceptors (Lipinski definition) is 5. The molecule has 9 heteroatoms. The van der Waals surface area contributed by atoms with Crippen LogP contribution >= 0.6 is 0 Å². The molecule has 0 aliphatic heterocycles. The van der Waals surface area contributed by atoms with E-state index in [1.54, 1.807) is 25.4 Å². The fraction of sp³-hybridized carbons (Fsp3) is 0.133. The van der Waals surface area contributed by atoms with Crippen molar-refractivity contribution in [3.8, 4) is 22.8 Å². The molecule has 3 aromatic rings. The van der Waals surface area contributed by atoms with Crippen LogP contribution in [-0.2, 0) is 13.6 Å². The van der Waals surface area contributed by atoms with Crippen molar-refractivity contribution in [2.24, 2.45) is 7.05 Å². The van der Waals surface area contributed by atoms with Crippen LogP contribution in [0.2, 0.25) is 0 Å². The van der Waals surface area contributed by atoms with Gasteiger partial charge in [-0.3, -0.25) is 4.68 Å². The Kier molecular flexibility index (Phi) is 4.15. The molecular formula is C15H13FN6O2. The van der Waals surface area contributed by atoms with Gasteiger partial charge in [0.25, 0.3) is 0 Å². The van der Waals surface area contributed by atoms with E-state index in [4.69, 9.17) is 5.11 Å². The van der Waals surface area contributed by atoms with Crippen molar-refractivity contribution in [2.75, 3.05) is 0 Å². The lowest BCUT2D eigenvalue weighted by Crippen LogP contribution is -2.20. The molecular weight excluding hydrogens is 315 g/mol. The third-order valence-electron chi connectivity index (χ3n) is 3.24. The molecule has 0 saturated heterocycles. The van der Waals surface area contributed by atoms with Crippen LogP contribution in [0.5, 0.6) is 0 Å². The number of rotatable bonds is 4. The minimum absolute atomic E-state index is 0.0327. The number of halogens is 1. The van der Waals surface area contributed by atoms with Crippen molar-refractivity contribution < 1.29 is 14.3 Å². The first-order valence-electron chi connectivity index (χ1n) is 6.98. The zero-order chi connectivity index (χ0) is 17.1. The molecule has 0 spiro atoms. The van der Waals surface area contributed by atoms with Crippen molar-refractivity contribution in [3.05, 3.63) is 48.0 Å². The standard InChI is InChI=1S/C15H13FN6O2/c1-22-8-12(20-21-22)13-10(7-18-15(23)24)6-17-14(19-13)9-2-4-11(16)5-3-9/h2-6,8,18H,7H2,1H3,(H,23,24). The lowest BCUT2D eigenvalue weighted by Gasteiger charge is -2.08. The summed E-state index contributed by atoms with van der Waals surface area (Å²) in [4.78, 5) is 19.4. The van der Waals surface area contributed by atoms with E-state index in [-0.39, 0.29) is 12.4 Å². The van der Waals surface area contributed by atoms with Crippen molar-refractivity contribution >= 4 is 6.09 Å². The van der Waals surface area contributed by atoms with Crippen molar-refractivity contribution in [2.45, 2.75) is 6.54 Å². The van der Waals surface area contributed by atoms with Crippen LogP contribution in [0.1, 0.15) is 5.56 Å². The first-order chi connectivity index (χ1) is 11.5. The Morgan fingerprint density at radius 1 is 1.33 bits per heavy atom. The molecule has 122 valence electrons. The second-order valence-electron chi connectivity index (χ2n) is 5.01. The summed E-state index contributed by atoms with van der Waals surface area (Å²) in [5, 5.41) is 18.9. The maximum Gasteiger partial charge on any atom is 0.404 e. The molecule has 2 N–H and O–H groups in total. The number of amides is 1. The zero-order valence-electron chi connectivity index (χ0n) is 12.6. The van der Waals surface area contributed by atoms with Gasteiger partial charge in [-0.1, -0.05) is 5.21 Å². The molecule has 1 aromatic carbocycles. The summed E-state index contributed by atoms with van der Waals surface area (Å²) in [6, 6.07) is 5.78. The molecule has 0 bridgehead atoms. The molecule has 24 heavy (non-hydrogen) atoms. The molecule has 2 heterocycles. The predicted octanol–water partition coefficient (Wildman–Crippen LogP) is 1.85. The topological polar surface area (TPSA) is 106 Å². The number of carboxylic acid groups (broad SMARTS) is 1. The van der Waals surface area contributed by atoms with Crippen molar-refractivity contribution in [1.82, 2.24) is 30.3 Å². The van der Waals surface area contributed by atoms with E-state index in [1.165, 1.54) is 23.0 Å². The minimum atomic E-state index is -1.15. The van der Waals surface area contributed by atoms with Crippen molar-refractivity contribution in [1.29, 1.82) is 0 Å². The highest BCUT2D eigenvalue weighted by Crippen LogP contribution is 2.23. The monoisotopic (exact) mass is 328 g/mol. The van der Waals surface area contributed by atoms with Gasteiger partial charge in [-0.15, -0.1) is 5.10 Å². The van der Waals surface area contributed by atoms with E-state index in [0.29, 0.717) is 28.3 Å². The summed E-state index contributed by atoms with van der Waals surface area (Å²) in [5.74, 6) is 0.0323. The average molecular weight is 328 g/mol. The van der Waals surface area contributed by atoms with Crippen LogP contribution in [0, 0.1) is 5.82 Å². The Morgan fingerprint density at radius 2 is 2.08 bits per heavy atom. The van der Waals surface area contributed by atoms with Gasteiger partial charge in [-0.25, -0.2) is 19.2 Å². The van der Waals surface area contributed by atoms with Crippen LogP contribution in [0.3, 0.4) is 0 Å². The zero-order valence-corrected chi connectivity index (χ0v) is 12.6. The van der Waals surface area contributed by atoms with E-state index in [2.05, 4.69) is 25.6 Å². The number of nitrogens with zero attached hydrogens (tertiary/aromatic N) is 5. The number of aryl methyl sites for hydroxylation is 1. The number of nitrogens with one attached hydrogen (secondary N) is 1. The third kappa shape index (κ3) is 3.35. The predicted molar refractivity (Wildman–Crippen MR) is 82.3 cm³/mol. The van der Waals surface area contributed by atoms with E-state index in [9.17, 15) is 9.18 Å². The number of benzene rings is 1. The van der Waals surface area contributed by atoms with Gasteiger partial charge in [0, 0.05) is 30.9 Å². The minimum Gasteiger partial charge on any atom is -0.465 e.